The number of ether oxygens (including phenoxy) is 2. The van der Waals surface area contributed by atoms with Crippen LogP contribution in [0.1, 0.15) is 71.1 Å². The van der Waals surface area contributed by atoms with Gasteiger partial charge in [0.2, 0.25) is 0 Å². The van der Waals surface area contributed by atoms with Crippen LogP contribution in [0.2, 0.25) is 0 Å². The molecular formula is C20H38O5. The van der Waals surface area contributed by atoms with E-state index in [1.54, 1.807) is 0 Å². The molecule has 148 valence electrons. The third-order valence-electron chi connectivity index (χ3n) is 4.74. The fourth-order valence-electron chi connectivity index (χ4n) is 3.12. The zero-order chi connectivity index (χ0) is 18.3. The van der Waals surface area contributed by atoms with Crippen molar-refractivity contribution in [1.29, 1.82) is 0 Å². The Hall–Kier alpha value is -0.460. The number of aliphatic hydroxyl groups is 3. The fourth-order valence-corrected chi connectivity index (χ4v) is 3.12. The number of hydrogen-bond acceptors (Lipinski definition) is 5. The van der Waals surface area contributed by atoms with Crippen LogP contribution in [0, 0.1) is 0 Å². The minimum atomic E-state index is -1.06. The van der Waals surface area contributed by atoms with E-state index >= 15 is 0 Å². The van der Waals surface area contributed by atoms with Crippen molar-refractivity contribution in [3.63, 3.8) is 0 Å². The molecule has 0 radical (unpaired) electrons. The van der Waals surface area contributed by atoms with Crippen LogP contribution in [-0.4, -0.2) is 59.6 Å². The van der Waals surface area contributed by atoms with Crippen molar-refractivity contribution in [3.05, 3.63) is 12.2 Å². The molecule has 0 unspecified atom stereocenters. The van der Waals surface area contributed by atoms with E-state index in [1.807, 2.05) is 0 Å². The highest BCUT2D eigenvalue weighted by molar-refractivity contribution is 4.89. The van der Waals surface area contributed by atoms with Crippen LogP contribution < -0.4 is 0 Å². The Morgan fingerprint density at radius 2 is 1.68 bits per heavy atom. The van der Waals surface area contributed by atoms with E-state index in [-0.39, 0.29) is 6.61 Å². The number of unbranched alkanes of at least 4 members (excludes halogenated alkanes) is 8. The SMILES string of the molecule is CCCCCCCCCC/C=C/CCO[C@@H]1CO[C@H]([C@@H](O)CO)[C@@H]1O. The topological polar surface area (TPSA) is 79.2 Å². The van der Waals surface area contributed by atoms with Crippen LogP contribution in [0.4, 0.5) is 0 Å². The molecule has 1 aliphatic rings. The summed E-state index contributed by atoms with van der Waals surface area (Å²) in [5, 5.41) is 28.4. The predicted molar refractivity (Wildman–Crippen MR) is 99.6 cm³/mol. The maximum Gasteiger partial charge on any atom is 0.114 e. The summed E-state index contributed by atoms with van der Waals surface area (Å²) in [4.78, 5) is 0. The van der Waals surface area contributed by atoms with Gasteiger partial charge in [-0.05, 0) is 19.3 Å². The maximum atomic E-state index is 10.0. The van der Waals surface area contributed by atoms with Crippen LogP contribution in [0.15, 0.2) is 12.2 Å². The molecular weight excluding hydrogens is 320 g/mol. The summed E-state index contributed by atoms with van der Waals surface area (Å²) in [6.07, 6.45) is 13.9. The molecule has 1 rings (SSSR count). The summed E-state index contributed by atoms with van der Waals surface area (Å²) < 4.78 is 10.9. The second-order valence-corrected chi connectivity index (χ2v) is 6.97. The molecule has 0 aromatic heterocycles. The summed E-state index contributed by atoms with van der Waals surface area (Å²) in [5.74, 6) is 0. The smallest absolute Gasteiger partial charge is 0.114 e. The first-order valence-corrected chi connectivity index (χ1v) is 10.1. The molecule has 0 aliphatic carbocycles. The van der Waals surface area contributed by atoms with E-state index in [0.29, 0.717) is 6.61 Å². The molecule has 0 aromatic rings. The first-order valence-electron chi connectivity index (χ1n) is 10.1. The Bertz CT molecular complexity index is 334. The summed E-state index contributed by atoms with van der Waals surface area (Å²) in [6, 6.07) is 0. The summed E-state index contributed by atoms with van der Waals surface area (Å²) in [6.45, 7) is 2.61. The van der Waals surface area contributed by atoms with Crippen LogP contribution in [-0.2, 0) is 9.47 Å². The van der Waals surface area contributed by atoms with E-state index in [9.17, 15) is 10.2 Å². The van der Waals surface area contributed by atoms with Gasteiger partial charge in [-0.25, -0.2) is 0 Å². The third kappa shape index (κ3) is 9.71. The number of hydrogen-bond donors (Lipinski definition) is 3. The number of allylic oxidation sites excluding steroid dienone is 1. The minimum absolute atomic E-state index is 0.255. The van der Waals surface area contributed by atoms with Crippen LogP contribution in [0.3, 0.4) is 0 Å². The Kier molecular flexibility index (Phi) is 13.3. The van der Waals surface area contributed by atoms with Crippen LogP contribution in [0.5, 0.6) is 0 Å². The summed E-state index contributed by atoms with van der Waals surface area (Å²) in [5.41, 5.74) is 0. The second-order valence-electron chi connectivity index (χ2n) is 6.97. The molecule has 1 saturated heterocycles. The zero-order valence-electron chi connectivity index (χ0n) is 15.8. The van der Waals surface area contributed by atoms with Crippen LogP contribution in [0.25, 0.3) is 0 Å². The molecule has 5 nitrogen and oxygen atoms in total. The highest BCUT2D eigenvalue weighted by atomic mass is 16.6. The van der Waals surface area contributed by atoms with Gasteiger partial charge in [0.15, 0.2) is 0 Å². The molecule has 0 spiro atoms. The normalized spacial score (nSPS) is 25.0. The lowest BCUT2D eigenvalue weighted by Gasteiger charge is -2.20. The van der Waals surface area contributed by atoms with Gasteiger partial charge in [-0.3, -0.25) is 0 Å². The van der Waals surface area contributed by atoms with Crippen LogP contribution >= 0.6 is 0 Å². The quantitative estimate of drug-likeness (QED) is 0.310. The standard InChI is InChI=1S/C20H38O5/c1-2-3-4-5-6-7-8-9-10-11-12-13-14-24-18-16-25-20(19(18)23)17(22)15-21/h11-12,17-23H,2-10,13-16H2,1H3/b12-11+/t17-,18+,19+,20+/m0/s1. The highest BCUT2D eigenvalue weighted by Gasteiger charge is 2.40. The fraction of sp³-hybridized carbons (Fsp3) is 0.900. The van der Waals surface area contributed by atoms with Gasteiger partial charge in [-0.15, -0.1) is 0 Å². The van der Waals surface area contributed by atoms with Gasteiger partial charge in [0.25, 0.3) is 0 Å². The third-order valence-corrected chi connectivity index (χ3v) is 4.74. The molecule has 0 amide bonds. The van der Waals surface area contributed by atoms with Gasteiger partial charge in [0.1, 0.15) is 24.4 Å². The van der Waals surface area contributed by atoms with E-state index in [2.05, 4.69) is 19.1 Å². The molecule has 0 aromatic carbocycles. The first-order chi connectivity index (χ1) is 12.2. The van der Waals surface area contributed by atoms with Crippen molar-refractivity contribution in [2.24, 2.45) is 0 Å². The Morgan fingerprint density at radius 1 is 1.04 bits per heavy atom. The lowest BCUT2D eigenvalue weighted by molar-refractivity contribution is -0.0726. The van der Waals surface area contributed by atoms with Gasteiger partial charge in [0.05, 0.1) is 19.8 Å². The van der Waals surface area contributed by atoms with E-state index < -0.39 is 31.0 Å². The highest BCUT2D eigenvalue weighted by Crippen LogP contribution is 2.20. The molecule has 5 heteroatoms. The molecule has 1 aliphatic heterocycles. The average molecular weight is 359 g/mol. The Morgan fingerprint density at radius 3 is 2.36 bits per heavy atom. The Labute approximate surface area is 153 Å². The van der Waals surface area contributed by atoms with Gasteiger partial charge in [0, 0.05) is 0 Å². The lowest BCUT2D eigenvalue weighted by Crippen LogP contribution is -2.41. The average Bonchev–Trinajstić information content (AvgIpc) is 2.99. The second kappa shape index (κ2) is 14.7. The van der Waals surface area contributed by atoms with Gasteiger partial charge < -0.3 is 24.8 Å². The molecule has 0 bridgehead atoms. The van der Waals surface area contributed by atoms with Crippen molar-refractivity contribution in [2.75, 3.05) is 19.8 Å². The zero-order valence-corrected chi connectivity index (χ0v) is 15.8. The molecule has 1 heterocycles. The van der Waals surface area contributed by atoms with Gasteiger partial charge >= 0.3 is 0 Å². The van der Waals surface area contributed by atoms with Crippen molar-refractivity contribution < 1.29 is 24.8 Å². The van der Waals surface area contributed by atoms with Crippen molar-refractivity contribution >= 4 is 0 Å². The van der Waals surface area contributed by atoms with Gasteiger partial charge in [-0.1, -0.05) is 64.0 Å². The maximum absolute atomic E-state index is 10.0. The van der Waals surface area contributed by atoms with E-state index in [1.165, 1.54) is 51.4 Å². The molecule has 1 fully saturated rings. The molecule has 0 saturated carbocycles. The number of rotatable bonds is 15. The van der Waals surface area contributed by atoms with Crippen molar-refractivity contribution in [2.45, 2.75) is 95.5 Å². The largest absolute Gasteiger partial charge is 0.394 e. The number of aliphatic hydroxyl groups excluding tert-OH is 3. The molecule has 4 atom stereocenters. The monoisotopic (exact) mass is 358 g/mol. The van der Waals surface area contributed by atoms with E-state index in [4.69, 9.17) is 14.6 Å². The minimum Gasteiger partial charge on any atom is -0.394 e. The van der Waals surface area contributed by atoms with E-state index in [0.717, 1.165) is 12.8 Å². The Balaban J connectivity index is 1.93. The molecule has 3 N–H and O–H groups in total. The first kappa shape index (κ1) is 22.6. The molecule has 25 heavy (non-hydrogen) atoms. The lowest BCUT2D eigenvalue weighted by atomic mass is 10.1. The summed E-state index contributed by atoms with van der Waals surface area (Å²) in [7, 11) is 0. The summed E-state index contributed by atoms with van der Waals surface area (Å²) >= 11 is 0. The van der Waals surface area contributed by atoms with Crippen molar-refractivity contribution in [3.8, 4) is 0 Å². The van der Waals surface area contributed by atoms with Crippen molar-refractivity contribution in [1.82, 2.24) is 0 Å². The van der Waals surface area contributed by atoms with Gasteiger partial charge in [-0.2, -0.15) is 0 Å². The predicted octanol–water partition coefficient (Wildman–Crippen LogP) is 2.96.